The maximum atomic E-state index is 10.5. The van der Waals surface area contributed by atoms with Crippen LogP contribution in [-0.4, -0.2) is 25.3 Å². The molecule has 1 amide bonds. The Hall–Kier alpha value is -0.770. The molecule has 0 aromatic rings. The smallest absolute Gasteiger partial charge is 0.404 e. The molecule has 17 heavy (non-hydrogen) atoms. The summed E-state index contributed by atoms with van der Waals surface area (Å²) in [7, 11) is 0. The minimum absolute atomic E-state index is 0.347. The zero-order chi connectivity index (χ0) is 12.7. The number of fused-ring (bicyclic) bond motifs is 2. The van der Waals surface area contributed by atoms with Crippen molar-refractivity contribution in [2.45, 2.75) is 46.1 Å². The van der Waals surface area contributed by atoms with Gasteiger partial charge in [-0.15, -0.1) is 0 Å². The van der Waals surface area contributed by atoms with E-state index in [4.69, 9.17) is 10.5 Å². The van der Waals surface area contributed by atoms with E-state index in [-0.39, 0.29) is 0 Å². The van der Waals surface area contributed by atoms with Gasteiger partial charge in [0.1, 0.15) is 6.61 Å². The molecule has 0 saturated heterocycles. The largest absolute Gasteiger partial charge is 0.448 e. The number of nitrogens with two attached hydrogens (primary N) is 1. The summed E-state index contributed by atoms with van der Waals surface area (Å²) < 4.78 is 4.76. The van der Waals surface area contributed by atoms with Crippen molar-refractivity contribution in [3.63, 3.8) is 0 Å². The highest BCUT2D eigenvalue weighted by molar-refractivity contribution is 5.64. The van der Waals surface area contributed by atoms with E-state index in [2.05, 4.69) is 26.1 Å². The Labute approximate surface area is 103 Å². The van der Waals surface area contributed by atoms with Gasteiger partial charge >= 0.3 is 6.09 Å². The molecule has 98 valence electrons. The zero-order valence-electron chi connectivity index (χ0n) is 11.1. The molecule has 0 aromatic heterocycles. The third kappa shape index (κ3) is 2.15. The van der Waals surface area contributed by atoms with Crippen LogP contribution in [0.4, 0.5) is 4.79 Å². The van der Waals surface area contributed by atoms with Crippen molar-refractivity contribution in [2.75, 3.05) is 13.2 Å². The van der Waals surface area contributed by atoms with Gasteiger partial charge < -0.3 is 15.8 Å². The predicted molar refractivity (Wildman–Crippen MR) is 66.6 cm³/mol. The fourth-order valence-electron chi connectivity index (χ4n) is 4.17. The summed E-state index contributed by atoms with van der Waals surface area (Å²) in [5.41, 5.74) is 5.70. The molecule has 0 heterocycles. The summed E-state index contributed by atoms with van der Waals surface area (Å²) in [6.07, 6.45) is 3.31. The molecule has 3 atom stereocenters. The normalized spacial score (nSPS) is 38.3. The third-order valence-corrected chi connectivity index (χ3v) is 4.96. The van der Waals surface area contributed by atoms with E-state index in [1.54, 1.807) is 0 Å². The van der Waals surface area contributed by atoms with Crippen LogP contribution in [0.3, 0.4) is 0 Å². The van der Waals surface area contributed by atoms with E-state index in [9.17, 15) is 4.79 Å². The maximum absolute atomic E-state index is 10.5. The van der Waals surface area contributed by atoms with Crippen LogP contribution < -0.4 is 11.1 Å². The highest BCUT2D eigenvalue weighted by Gasteiger charge is 2.58. The van der Waals surface area contributed by atoms with Crippen molar-refractivity contribution in [2.24, 2.45) is 22.5 Å². The molecule has 0 spiro atoms. The zero-order valence-corrected chi connectivity index (χ0v) is 11.1. The molecule has 4 heteroatoms. The van der Waals surface area contributed by atoms with Crippen LogP contribution in [0.25, 0.3) is 0 Å². The van der Waals surface area contributed by atoms with Crippen LogP contribution in [0.1, 0.15) is 40.0 Å². The van der Waals surface area contributed by atoms with Crippen LogP contribution >= 0.6 is 0 Å². The molecule has 2 bridgehead atoms. The van der Waals surface area contributed by atoms with Crippen LogP contribution in [-0.2, 0) is 4.74 Å². The first-order valence-corrected chi connectivity index (χ1v) is 6.52. The molecule has 0 radical (unpaired) electrons. The Balaban J connectivity index is 1.89. The number of rotatable bonds is 4. The van der Waals surface area contributed by atoms with Crippen molar-refractivity contribution >= 4 is 6.09 Å². The van der Waals surface area contributed by atoms with E-state index in [0.29, 0.717) is 30.0 Å². The Morgan fingerprint density at radius 3 is 2.71 bits per heavy atom. The number of hydrogen-bond acceptors (Lipinski definition) is 3. The van der Waals surface area contributed by atoms with Gasteiger partial charge in [-0.3, -0.25) is 0 Å². The monoisotopic (exact) mass is 240 g/mol. The van der Waals surface area contributed by atoms with E-state index < -0.39 is 6.09 Å². The molecule has 2 rings (SSSR count). The van der Waals surface area contributed by atoms with E-state index in [1.807, 2.05) is 0 Å². The lowest BCUT2D eigenvalue weighted by Gasteiger charge is -2.43. The Morgan fingerprint density at radius 2 is 2.18 bits per heavy atom. The SMILES string of the molecule is CC12CCC(C1)C(C)(C)C2NCCOC(N)=O. The standard InChI is InChI=1S/C13H24N2O2/c1-12(2)9-4-5-13(3,8-9)10(12)15-6-7-17-11(14)16/h9-10,15H,4-8H2,1-3H3,(H2,14,16). The Morgan fingerprint density at radius 1 is 1.47 bits per heavy atom. The first-order chi connectivity index (χ1) is 7.86. The van der Waals surface area contributed by atoms with Gasteiger partial charge in [0.05, 0.1) is 0 Å². The summed E-state index contributed by atoms with van der Waals surface area (Å²) in [4.78, 5) is 10.5. The molecular weight excluding hydrogens is 216 g/mol. The highest BCUT2D eigenvalue weighted by atomic mass is 16.5. The number of primary amides is 1. The number of nitrogens with one attached hydrogen (secondary N) is 1. The van der Waals surface area contributed by atoms with Crippen LogP contribution in [0.2, 0.25) is 0 Å². The summed E-state index contributed by atoms with van der Waals surface area (Å²) in [6.45, 7) is 8.15. The van der Waals surface area contributed by atoms with Gasteiger partial charge in [0.25, 0.3) is 0 Å². The van der Waals surface area contributed by atoms with Crippen LogP contribution in [0, 0.1) is 16.7 Å². The predicted octanol–water partition coefficient (Wildman–Crippen LogP) is 1.89. The molecular formula is C13H24N2O2. The molecule has 2 fully saturated rings. The third-order valence-electron chi connectivity index (χ3n) is 4.96. The summed E-state index contributed by atoms with van der Waals surface area (Å²) in [6, 6.07) is 0.519. The average molecular weight is 240 g/mol. The second-order valence-electron chi connectivity index (χ2n) is 6.47. The molecule has 0 aliphatic heterocycles. The fourth-order valence-corrected chi connectivity index (χ4v) is 4.17. The maximum Gasteiger partial charge on any atom is 0.404 e. The van der Waals surface area contributed by atoms with Gasteiger partial charge in [-0.2, -0.15) is 0 Å². The molecule has 2 aliphatic carbocycles. The minimum atomic E-state index is -0.690. The highest BCUT2D eigenvalue weighted by Crippen LogP contribution is 2.62. The first-order valence-electron chi connectivity index (χ1n) is 6.52. The topological polar surface area (TPSA) is 64.3 Å². The lowest BCUT2D eigenvalue weighted by atomic mass is 9.68. The molecule has 3 unspecified atom stereocenters. The van der Waals surface area contributed by atoms with Crippen molar-refractivity contribution in [3.8, 4) is 0 Å². The molecule has 2 aliphatic rings. The van der Waals surface area contributed by atoms with Crippen molar-refractivity contribution in [3.05, 3.63) is 0 Å². The Bertz CT molecular complexity index is 312. The molecule has 0 aromatic carbocycles. The lowest BCUT2D eigenvalue weighted by molar-refractivity contribution is 0.0994. The summed E-state index contributed by atoms with van der Waals surface area (Å²) in [5, 5.41) is 3.57. The minimum Gasteiger partial charge on any atom is -0.448 e. The van der Waals surface area contributed by atoms with E-state index in [0.717, 1.165) is 5.92 Å². The lowest BCUT2D eigenvalue weighted by Crippen LogP contribution is -2.51. The quantitative estimate of drug-likeness (QED) is 0.737. The van der Waals surface area contributed by atoms with Gasteiger partial charge in [-0.05, 0) is 36.0 Å². The molecule has 4 nitrogen and oxygen atoms in total. The van der Waals surface area contributed by atoms with Gasteiger partial charge in [0.15, 0.2) is 0 Å². The van der Waals surface area contributed by atoms with Gasteiger partial charge in [0.2, 0.25) is 0 Å². The Kier molecular flexibility index (Phi) is 3.10. The number of carbonyl (C=O) groups excluding carboxylic acids is 1. The number of amides is 1. The van der Waals surface area contributed by atoms with Crippen LogP contribution in [0.5, 0.6) is 0 Å². The van der Waals surface area contributed by atoms with Crippen molar-refractivity contribution < 1.29 is 9.53 Å². The van der Waals surface area contributed by atoms with Crippen molar-refractivity contribution in [1.29, 1.82) is 0 Å². The summed E-state index contributed by atoms with van der Waals surface area (Å²) in [5.74, 6) is 0.835. The number of carbonyl (C=O) groups is 1. The number of ether oxygens (including phenoxy) is 1. The fraction of sp³-hybridized carbons (Fsp3) is 0.923. The second-order valence-corrected chi connectivity index (χ2v) is 6.47. The average Bonchev–Trinajstić information content (AvgIpc) is 2.67. The summed E-state index contributed by atoms with van der Waals surface area (Å²) >= 11 is 0. The number of hydrogen-bond donors (Lipinski definition) is 2. The molecule has 3 N–H and O–H groups in total. The molecule has 2 saturated carbocycles. The van der Waals surface area contributed by atoms with E-state index in [1.165, 1.54) is 19.3 Å². The van der Waals surface area contributed by atoms with Crippen molar-refractivity contribution in [1.82, 2.24) is 5.32 Å². The first kappa shape index (κ1) is 12.7. The van der Waals surface area contributed by atoms with Gasteiger partial charge in [-0.1, -0.05) is 20.8 Å². The van der Waals surface area contributed by atoms with Crippen LogP contribution in [0.15, 0.2) is 0 Å². The van der Waals surface area contributed by atoms with Gasteiger partial charge in [0, 0.05) is 12.6 Å². The second kappa shape index (κ2) is 4.16. The van der Waals surface area contributed by atoms with Gasteiger partial charge in [-0.25, -0.2) is 4.79 Å². The van der Waals surface area contributed by atoms with E-state index >= 15 is 0 Å².